The zero-order valence-electron chi connectivity index (χ0n) is 37.6. The quantitative estimate of drug-likeness (QED) is 0.0273. The van der Waals surface area contributed by atoms with Gasteiger partial charge in [0.15, 0.2) is 5.60 Å². The third-order valence-electron chi connectivity index (χ3n) is 12.3. The summed E-state index contributed by atoms with van der Waals surface area (Å²) in [5.74, 6) is -3.97. The summed E-state index contributed by atoms with van der Waals surface area (Å²) in [6.07, 6.45) is 0.991. The van der Waals surface area contributed by atoms with Gasteiger partial charge in [0.05, 0.1) is 66.8 Å². The number of nitrogens with one attached hydrogen (secondary N) is 5. The highest BCUT2D eigenvalue weighted by Crippen LogP contribution is 2.43. The number of aryl methyl sites for hydroxylation is 1. The van der Waals surface area contributed by atoms with Crippen LogP contribution in [0.5, 0.6) is 0 Å². The van der Waals surface area contributed by atoms with Crippen LogP contribution in [-0.2, 0) is 78.1 Å². The number of aromatic nitrogens is 5. The predicted molar refractivity (Wildman–Crippen MR) is 241 cm³/mol. The highest BCUT2D eigenvalue weighted by atomic mass is 19.1. The van der Waals surface area contributed by atoms with Gasteiger partial charge < -0.3 is 45.3 Å². The third-order valence-corrected chi connectivity index (χ3v) is 12.3. The van der Waals surface area contributed by atoms with Crippen LogP contribution in [0.3, 0.4) is 0 Å². The Labute approximate surface area is 392 Å². The maximum absolute atomic E-state index is 15.3. The number of halogens is 1. The lowest BCUT2D eigenvalue weighted by molar-refractivity contribution is -0.172. The lowest BCUT2D eigenvalue weighted by Gasteiger charge is -2.31. The molecule has 3 atom stereocenters. The number of hydrogen-bond acceptors (Lipinski definition) is 16. The van der Waals surface area contributed by atoms with E-state index in [4.69, 9.17) is 19.6 Å². The highest BCUT2D eigenvalue weighted by Gasteiger charge is 2.46. The van der Waals surface area contributed by atoms with Gasteiger partial charge in [-0.2, -0.15) is 0 Å². The fourth-order valence-electron chi connectivity index (χ4n) is 8.75. The van der Waals surface area contributed by atoms with Crippen molar-refractivity contribution in [3.8, 4) is 11.4 Å². The zero-order valence-corrected chi connectivity index (χ0v) is 37.6. The molecule has 2 aromatic carbocycles. The Morgan fingerprint density at radius 2 is 1.84 bits per heavy atom. The molecule has 0 radical (unpaired) electrons. The monoisotopic (exact) mass is 951 g/mol. The van der Waals surface area contributed by atoms with Gasteiger partial charge in [-0.15, -0.1) is 5.10 Å². The molecule has 362 valence electrons. The normalized spacial score (nSPS) is 17.1. The van der Waals surface area contributed by atoms with E-state index in [0.717, 1.165) is 5.56 Å². The zero-order chi connectivity index (χ0) is 49.0. The first-order valence-electron chi connectivity index (χ1n) is 22.2. The summed E-state index contributed by atoms with van der Waals surface area (Å²) in [7, 11) is 0. The summed E-state index contributed by atoms with van der Waals surface area (Å²) in [6.45, 7) is 1.12. The van der Waals surface area contributed by atoms with E-state index < -0.39 is 78.7 Å². The largest absolute Gasteiger partial charge is 0.458 e. The minimum atomic E-state index is -2.05. The Balaban J connectivity index is 0.883. The molecule has 8 N–H and O–H groups in total. The maximum atomic E-state index is 15.3. The van der Waals surface area contributed by atoms with E-state index in [1.165, 1.54) is 15.3 Å². The fraction of sp³-hybridized carbons (Fsp3) is 0.391. The Kier molecular flexibility index (Phi) is 14.4. The van der Waals surface area contributed by atoms with Gasteiger partial charge in [-0.25, -0.2) is 23.8 Å². The standard InChI is InChI=1S/C46H50FN11O11/c1-3-46(67)30-12-35-42-28(18-58(35)44(65)29(30)20-69-45(46)66)41-32(10-9-27-24(2)31(47)13-33(54-42)40(27)41)52-39(63)21-68-23-51-36(60)15-50-43(64)34(11-25-7-5-4-6-8-25)53-37(61)16-49-38(62)19-57-17-26(55-56-57)14-48-22-59/h4-8,12-13,17,34,38,48-49,59,62,67H,3,9-11,14-16,18-23H2,1-2H3,(H,50,64)(H,51,60)(H,53,61)/t34-,38?,46-/m0/s1. The molecule has 23 heteroatoms. The number of esters is 1. The molecule has 3 aromatic heterocycles. The number of carbonyl (C=O) groups excluding carboxylic acids is 5. The Hall–Kier alpha value is -7.15. The molecule has 5 heterocycles. The number of ether oxygens (including phenoxy) is 2. The first-order chi connectivity index (χ1) is 33.2. The van der Waals surface area contributed by atoms with Crippen molar-refractivity contribution in [3.05, 3.63) is 109 Å². The van der Waals surface area contributed by atoms with Crippen molar-refractivity contribution >= 4 is 46.2 Å². The number of hydrogen-bond donors (Lipinski definition) is 8. The number of cyclic esters (lactones) is 1. The number of nitrogens with zero attached hydrogens (tertiary/aromatic N) is 6. The Bertz CT molecular complexity index is 2940. The van der Waals surface area contributed by atoms with Crippen molar-refractivity contribution in [2.45, 2.75) is 83.6 Å². The smallest absolute Gasteiger partial charge is 0.343 e. The number of amides is 4. The summed E-state index contributed by atoms with van der Waals surface area (Å²) in [4.78, 5) is 88.2. The Morgan fingerprint density at radius 1 is 1.04 bits per heavy atom. The van der Waals surface area contributed by atoms with Crippen molar-refractivity contribution in [3.63, 3.8) is 0 Å². The molecule has 69 heavy (non-hydrogen) atoms. The van der Waals surface area contributed by atoms with Gasteiger partial charge in [0.25, 0.3) is 11.5 Å². The molecule has 0 fully saturated rings. The van der Waals surface area contributed by atoms with Crippen LogP contribution in [0, 0.1) is 12.7 Å². The van der Waals surface area contributed by atoms with Crippen molar-refractivity contribution in [2.75, 3.05) is 33.2 Å². The number of carbonyl (C=O) groups is 5. The van der Waals surface area contributed by atoms with Crippen LogP contribution < -0.4 is 32.1 Å². The van der Waals surface area contributed by atoms with E-state index in [0.29, 0.717) is 56.9 Å². The number of aliphatic hydroxyl groups excluding tert-OH is 2. The van der Waals surface area contributed by atoms with Gasteiger partial charge in [-0.05, 0) is 48.9 Å². The molecule has 4 amide bonds. The van der Waals surface area contributed by atoms with Gasteiger partial charge in [0.2, 0.25) is 17.7 Å². The van der Waals surface area contributed by atoms with E-state index in [1.807, 2.05) is 0 Å². The molecular weight excluding hydrogens is 902 g/mol. The van der Waals surface area contributed by atoms with E-state index in [1.54, 1.807) is 56.4 Å². The van der Waals surface area contributed by atoms with Crippen molar-refractivity contribution in [2.24, 2.45) is 4.99 Å². The van der Waals surface area contributed by atoms with Crippen LogP contribution in [0.15, 0.2) is 58.4 Å². The molecule has 1 unspecified atom stereocenters. The highest BCUT2D eigenvalue weighted by molar-refractivity contribution is 6.18. The molecule has 0 spiro atoms. The summed E-state index contributed by atoms with van der Waals surface area (Å²) < 4.78 is 28.8. The first-order valence-corrected chi connectivity index (χ1v) is 22.2. The van der Waals surface area contributed by atoms with E-state index in [2.05, 4.69) is 41.9 Å². The van der Waals surface area contributed by atoms with Gasteiger partial charge in [0.1, 0.15) is 38.0 Å². The van der Waals surface area contributed by atoms with Crippen molar-refractivity contribution in [1.82, 2.24) is 51.1 Å². The van der Waals surface area contributed by atoms with Crippen LogP contribution in [0.1, 0.15) is 64.4 Å². The Morgan fingerprint density at radius 3 is 2.61 bits per heavy atom. The lowest BCUT2D eigenvalue weighted by Crippen LogP contribution is -2.52. The molecule has 5 aromatic rings. The second-order valence-corrected chi connectivity index (χ2v) is 16.8. The lowest BCUT2D eigenvalue weighted by atomic mass is 9.83. The SMILES string of the molecule is CC[C@@]1(O)C(=O)OCc2c1cc1n(c2=O)Cc2c-1nc1cc(F)c(C)c3c1c2C(=NC(=O)COCNC(=O)CNC(=O)[C@H](Cc1ccccc1)NC(=O)CNC(O)Cn1cc(CNCO)nn1)CC3. The number of benzene rings is 2. The molecule has 0 bridgehead atoms. The number of aliphatic hydroxyl groups is 3. The van der Waals surface area contributed by atoms with Crippen molar-refractivity contribution < 1.29 is 53.2 Å². The number of aliphatic imine (C=N–C) groups is 1. The van der Waals surface area contributed by atoms with Crippen LogP contribution in [0.2, 0.25) is 0 Å². The van der Waals surface area contributed by atoms with Crippen molar-refractivity contribution in [1.29, 1.82) is 0 Å². The molecule has 3 aliphatic rings. The first kappa shape index (κ1) is 48.3. The average molecular weight is 952 g/mol. The van der Waals surface area contributed by atoms with Gasteiger partial charge >= 0.3 is 5.97 Å². The molecule has 2 aliphatic heterocycles. The molecule has 0 saturated heterocycles. The van der Waals surface area contributed by atoms with Crippen LogP contribution in [0.25, 0.3) is 22.3 Å². The number of fused-ring (bicyclic) bond motifs is 5. The molecule has 22 nitrogen and oxygen atoms in total. The van der Waals surface area contributed by atoms with Crippen LogP contribution >= 0.6 is 0 Å². The van der Waals surface area contributed by atoms with Gasteiger partial charge in [-0.1, -0.05) is 42.5 Å². The van der Waals surface area contributed by atoms with Gasteiger partial charge in [0, 0.05) is 47.3 Å². The fourth-order valence-corrected chi connectivity index (χ4v) is 8.75. The predicted octanol–water partition coefficient (Wildman–Crippen LogP) is -1.04. The summed E-state index contributed by atoms with van der Waals surface area (Å²) in [5.41, 5.74) is 2.46. The molecule has 0 saturated carbocycles. The molecule has 1 aliphatic carbocycles. The van der Waals surface area contributed by atoms with Gasteiger partial charge in [-0.3, -0.25) is 34.6 Å². The average Bonchev–Trinajstić information content (AvgIpc) is 3.95. The second kappa shape index (κ2) is 20.6. The minimum Gasteiger partial charge on any atom is -0.458 e. The summed E-state index contributed by atoms with van der Waals surface area (Å²) in [5, 5.41) is 52.0. The summed E-state index contributed by atoms with van der Waals surface area (Å²) in [6, 6.07) is 10.6. The molecular formula is C46H50FN11O11. The maximum Gasteiger partial charge on any atom is 0.343 e. The van der Waals surface area contributed by atoms with Crippen LogP contribution in [0.4, 0.5) is 4.39 Å². The number of rotatable bonds is 19. The van der Waals surface area contributed by atoms with E-state index >= 15 is 4.39 Å². The third kappa shape index (κ3) is 10.2. The van der Waals surface area contributed by atoms with E-state index in [9.17, 15) is 39.0 Å². The van der Waals surface area contributed by atoms with Crippen LogP contribution in [-0.4, -0.2) is 121 Å². The van der Waals surface area contributed by atoms with E-state index in [-0.39, 0.29) is 75.4 Å². The molecule has 8 rings (SSSR count). The number of pyridine rings is 2. The second-order valence-electron chi connectivity index (χ2n) is 16.8. The topological polar surface area (TPSA) is 303 Å². The summed E-state index contributed by atoms with van der Waals surface area (Å²) >= 11 is 0. The minimum absolute atomic E-state index is 0.0232.